The molecule has 0 spiro atoms. The van der Waals surface area contributed by atoms with Crippen molar-refractivity contribution in [1.82, 2.24) is 0 Å². The van der Waals surface area contributed by atoms with Gasteiger partial charge in [0.05, 0.1) is 5.56 Å². The third-order valence-electron chi connectivity index (χ3n) is 6.44. The molecule has 0 N–H and O–H groups in total. The highest BCUT2D eigenvalue weighted by atomic mass is 19.4. The molecular formula is C22H27F5. The molecule has 0 aliphatic heterocycles. The van der Waals surface area contributed by atoms with Crippen LogP contribution in [-0.2, 0) is 6.18 Å². The number of benzene rings is 1. The van der Waals surface area contributed by atoms with Crippen LogP contribution in [0.1, 0.15) is 75.8 Å². The van der Waals surface area contributed by atoms with Crippen molar-refractivity contribution in [2.45, 2.75) is 70.9 Å². The predicted molar refractivity (Wildman–Crippen MR) is 97.0 cm³/mol. The number of hydrogen-bond acceptors (Lipinski definition) is 0. The Hall–Kier alpha value is -1.39. The summed E-state index contributed by atoms with van der Waals surface area (Å²) in [7, 11) is 0. The van der Waals surface area contributed by atoms with E-state index in [4.69, 9.17) is 0 Å². The van der Waals surface area contributed by atoms with Crippen LogP contribution in [0.5, 0.6) is 0 Å². The van der Waals surface area contributed by atoms with E-state index in [-0.39, 0.29) is 5.56 Å². The fourth-order valence-corrected chi connectivity index (χ4v) is 4.90. The third-order valence-corrected chi connectivity index (χ3v) is 6.44. The van der Waals surface area contributed by atoms with Gasteiger partial charge in [-0.3, -0.25) is 0 Å². The van der Waals surface area contributed by atoms with E-state index in [0.29, 0.717) is 29.9 Å². The Morgan fingerprint density at radius 3 is 2.19 bits per heavy atom. The number of hydrogen-bond donors (Lipinski definition) is 0. The Morgan fingerprint density at radius 2 is 1.63 bits per heavy atom. The van der Waals surface area contributed by atoms with Gasteiger partial charge in [-0.15, -0.1) is 0 Å². The van der Waals surface area contributed by atoms with Crippen molar-refractivity contribution in [2.75, 3.05) is 0 Å². The molecule has 0 bridgehead atoms. The molecule has 1 fully saturated rings. The van der Waals surface area contributed by atoms with Crippen LogP contribution in [0.15, 0.2) is 18.2 Å². The molecule has 1 aromatic carbocycles. The van der Waals surface area contributed by atoms with Gasteiger partial charge >= 0.3 is 6.18 Å². The second-order valence-corrected chi connectivity index (χ2v) is 8.12. The van der Waals surface area contributed by atoms with Crippen molar-refractivity contribution in [3.05, 3.63) is 41.0 Å². The van der Waals surface area contributed by atoms with Crippen LogP contribution < -0.4 is 0 Å². The van der Waals surface area contributed by atoms with E-state index in [1.165, 1.54) is 38.5 Å². The zero-order valence-electron chi connectivity index (χ0n) is 15.7. The van der Waals surface area contributed by atoms with Gasteiger partial charge in [0.1, 0.15) is 0 Å². The Bertz CT molecular complexity index is 681. The average Bonchev–Trinajstić information content (AvgIpc) is 2.64. The lowest BCUT2D eigenvalue weighted by Gasteiger charge is -2.35. The molecule has 150 valence electrons. The average molecular weight is 386 g/mol. The highest BCUT2D eigenvalue weighted by Crippen LogP contribution is 2.43. The van der Waals surface area contributed by atoms with E-state index < -0.39 is 23.4 Å². The summed E-state index contributed by atoms with van der Waals surface area (Å²) in [6.45, 7) is 2.22. The SMILES string of the molecule is CCCC1CCC(C2CC=C(c3ccc(C(F)(F)F)c(F)c3F)CC2)CC1. The van der Waals surface area contributed by atoms with Gasteiger partial charge in [0.25, 0.3) is 0 Å². The van der Waals surface area contributed by atoms with Gasteiger partial charge in [0, 0.05) is 5.56 Å². The van der Waals surface area contributed by atoms with Crippen LogP contribution in [0, 0.1) is 29.4 Å². The van der Waals surface area contributed by atoms with Crippen LogP contribution in [-0.4, -0.2) is 0 Å². The van der Waals surface area contributed by atoms with E-state index >= 15 is 0 Å². The quantitative estimate of drug-likeness (QED) is 0.464. The second kappa shape index (κ2) is 8.32. The zero-order chi connectivity index (χ0) is 19.6. The molecule has 2 aliphatic rings. The number of halogens is 5. The molecule has 1 aromatic rings. The van der Waals surface area contributed by atoms with E-state index in [0.717, 1.165) is 24.8 Å². The molecule has 3 rings (SSSR count). The Kier molecular flexibility index (Phi) is 6.27. The molecule has 2 aliphatic carbocycles. The summed E-state index contributed by atoms with van der Waals surface area (Å²) in [5.41, 5.74) is -0.927. The van der Waals surface area contributed by atoms with Crippen LogP contribution in [0.2, 0.25) is 0 Å². The lowest BCUT2D eigenvalue weighted by Crippen LogP contribution is -2.23. The first-order chi connectivity index (χ1) is 12.8. The summed E-state index contributed by atoms with van der Waals surface area (Å²) in [6.07, 6.45) is 6.92. The number of allylic oxidation sites excluding steroid dienone is 2. The number of alkyl halides is 3. The van der Waals surface area contributed by atoms with Crippen molar-refractivity contribution in [1.29, 1.82) is 0 Å². The molecule has 5 heteroatoms. The highest BCUT2D eigenvalue weighted by Gasteiger charge is 2.36. The highest BCUT2D eigenvalue weighted by molar-refractivity contribution is 5.67. The summed E-state index contributed by atoms with van der Waals surface area (Å²) in [6, 6.07) is 1.72. The smallest absolute Gasteiger partial charge is 0.203 e. The van der Waals surface area contributed by atoms with Gasteiger partial charge in [0.2, 0.25) is 0 Å². The zero-order valence-corrected chi connectivity index (χ0v) is 15.7. The van der Waals surface area contributed by atoms with Crippen molar-refractivity contribution < 1.29 is 22.0 Å². The molecule has 1 unspecified atom stereocenters. The van der Waals surface area contributed by atoms with Gasteiger partial charge in [-0.2, -0.15) is 13.2 Å². The normalized spacial score (nSPS) is 26.7. The lowest BCUT2D eigenvalue weighted by atomic mass is 9.70. The molecular weight excluding hydrogens is 359 g/mol. The Labute approximate surface area is 157 Å². The van der Waals surface area contributed by atoms with Crippen LogP contribution >= 0.6 is 0 Å². The van der Waals surface area contributed by atoms with Gasteiger partial charge in [-0.1, -0.05) is 44.7 Å². The topological polar surface area (TPSA) is 0 Å². The molecule has 0 radical (unpaired) electrons. The maximum atomic E-state index is 14.2. The van der Waals surface area contributed by atoms with E-state index in [1.54, 1.807) is 0 Å². The second-order valence-electron chi connectivity index (χ2n) is 8.12. The molecule has 0 saturated heterocycles. The molecule has 1 saturated carbocycles. The monoisotopic (exact) mass is 386 g/mol. The summed E-state index contributed by atoms with van der Waals surface area (Å²) < 4.78 is 66.2. The van der Waals surface area contributed by atoms with Crippen molar-refractivity contribution in [3.63, 3.8) is 0 Å². The predicted octanol–water partition coefficient (Wildman–Crippen LogP) is 7.77. The van der Waals surface area contributed by atoms with E-state index in [9.17, 15) is 22.0 Å². The summed E-state index contributed by atoms with van der Waals surface area (Å²) in [5.74, 6) is -1.08. The molecule has 0 nitrogen and oxygen atoms in total. The Balaban J connectivity index is 1.67. The first kappa shape index (κ1) is 20.3. The lowest BCUT2D eigenvalue weighted by molar-refractivity contribution is -0.140. The molecule has 0 aromatic heterocycles. The minimum Gasteiger partial charge on any atom is -0.203 e. The minimum atomic E-state index is -4.88. The maximum Gasteiger partial charge on any atom is 0.419 e. The van der Waals surface area contributed by atoms with Crippen molar-refractivity contribution in [3.8, 4) is 0 Å². The van der Waals surface area contributed by atoms with Gasteiger partial charge in [0.15, 0.2) is 11.6 Å². The fraction of sp³-hybridized carbons (Fsp3) is 0.636. The van der Waals surface area contributed by atoms with Gasteiger partial charge in [-0.25, -0.2) is 8.78 Å². The van der Waals surface area contributed by atoms with Crippen molar-refractivity contribution >= 4 is 5.57 Å². The Morgan fingerprint density at radius 1 is 0.926 bits per heavy atom. The largest absolute Gasteiger partial charge is 0.419 e. The molecule has 1 atom stereocenters. The summed E-state index contributed by atoms with van der Waals surface area (Å²) in [4.78, 5) is 0. The minimum absolute atomic E-state index is 0.0226. The van der Waals surface area contributed by atoms with Crippen molar-refractivity contribution in [2.24, 2.45) is 17.8 Å². The number of rotatable bonds is 4. The molecule has 0 heterocycles. The first-order valence-electron chi connectivity index (χ1n) is 10.1. The van der Waals surface area contributed by atoms with E-state index in [2.05, 4.69) is 6.92 Å². The maximum absolute atomic E-state index is 14.2. The summed E-state index contributed by atoms with van der Waals surface area (Å²) in [5, 5.41) is 0. The van der Waals surface area contributed by atoms with Gasteiger partial charge in [-0.05, 0) is 61.5 Å². The molecule has 0 amide bonds. The van der Waals surface area contributed by atoms with Gasteiger partial charge < -0.3 is 0 Å². The fourth-order valence-electron chi connectivity index (χ4n) is 4.90. The van der Waals surface area contributed by atoms with Crippen LogP contribution in [0.3, 0.4) is 0 Å². The summed E-state index contributed by atoms with van der Waals surface area (Å²) >= 11 is 0. The third kappa shape index (κ3) is 4.55. The standard InChI is InChI=1S/C22H27F5/c1-2-3-14-4-6-15(7-5-14)16-8-10-17(11-9-16)18-12-13-19(22(25,26)27)21(24)20(18)23/h10,12-16H,2-9,11H2,1H3. The molecule has 27 heavy (non-hydrogen) atoms. The van der Waals surface area contributed by atoms with Crippen LogP contribution in [0.4, 0.5) is 22.0 Å². The van der Waals surface area contributed by atoms with Crippen LogP contribution in [0.25, 0.3) is 5.57 Å². The van der Waals surface area contributed by atoms with E-state index in [1.807, 2.05) is 6.08 Å². The first-order valence-corrected chi connectivity index (χ1v) is 10.1.